The van der Waals surface area contributed by atoms with Crippen LogP contribution in [0.3, 0.4) is 0 Å². The van der Waals surface area contributed by atoms with Gasteiger partial charge in [0.2, 0.25) is 0 Å². The third kappa shape index (κ3) is 4.21. The minimum absolute atomic E-state index is 0.0720. The van der Waals surface area contributed by atoms with Crippen molar-refractivity contribution in [1.29, 1.82) is 0 Å². The van der Waals surface area contributed by atoms with Crippen LogP contribution < -0.4 is 5.32 Å². The van der Waals surface area contributed by atoms with Crippen molar-refractivity contribution in [3.05, 3.63) is 59.4 Å². The molecule has 1 saturated heterocycles. The Morgan fingerprint density at radius 2 is 1.91 bits per heavy atom. The molecule has 0 bridgehead atoms. The number of benzene rings is 1. The van der Waals surface area contributed by atoms with Gasteiger partial charge in [-0.2, -0.15) is 0 Å². The number of piperidine rings is 1. The maximum absolute atomic E-state index is 12.1. The molecular weight excluding hydrogens is 314 g/mol. The van der Waals surface area contributed by atoms with Gasteiger partial charge in [-0.15, -0.1) is 5.06 Å². The summed E-state index contributed by atoms with van der Waals surface area (Å²) in [4.78, 5) is 21.7. The molecule has 3 rings (SSSR count). The third-order valence-corrected chi connectivity index (χ3v) is 4.09. The maximum atomic E-state index is 12.1. The third-order valence-electron chi connectivity index (χ3n) is 3.84. The summed E-state index contributed by atoms with van der Waals surface area (Å²) in [6, 6.07) is 10.9. The Bertz CT molecular complexity index is 649. The highest BCUT2D eigenvalue weighted by Gasteiger charge is 2.27. The van der Waals surface area contributed by atoms with E-state index < -0.39 is 6.09 Å². The van der Waals surface area contributed by atoms with E-state index >= 15 is 0 Å². The summed E-state index contributed by atoms with van der Waals surface area (Å²) in [6.07, 6.45) is 6.11. The second-order valence-corrected chi connectivity index (χ2v) is 5.88. The van der Waals surface area contributed by atoms with Crippen LogP contribution in [0.5, 0.6) is 0 Å². The first kappa shape index (κ1) is 15.8. The topological polar surface area (TPSA) is 54.5 Å². The fourth-order valence-electron chi connectivity index (χ4n) is 2.71. The van der Waals surface area contributed by atoms with Crippen LogP contribution in [0.25, 0.3) is 0 Å². The lowest BCUT2D eigenvalue weighted by molar-refractivity contribution is -0.142. The smallest absolute Gasteiger partial charge is 0.350 e. The Balaban J connectivity index is 1.64. The lowest BCUT2D eigenvalue weighted by Crippen LogP contribution is -2.36. The molecule has 0 saturated carbocycles. The molecule has 1 N–H and O–H groups in total. The number of nitrogens with zero attached hydrogens (tertiary/aromatic N) is 2. The normalized spacial score (nSPS) is 18.4. The number of nitrogens with one attached hydrogen (secondary N) is 1. The van der Waals surface area contributed by atoms with Gasteiger partial charge >= 0.3 is 6.09 Å². The zero-order valence-corrected chi connectivity index (χ0v) is 13.4. The van der Waals surface area contributed by atoms with E-state index in [0.717, 1.165) is 31.4 Å². The fraction of sp³-hybridized carbons (Fsp3) is 0.294. The second-order valence-electron chi connectivity index (χ2n) is 5.44. The summed E-state index contributed by atoms with van der Waals surface area (Å²) in [5.41, 5.74) is 1.76. The van der Waals surface area contributed by atoms with Crippen LogP contribution in [-0.4, -0.2) is 22.7 Å². The highest BCUT2D eigenvalue weighted by molar-refractivity contribution is 6.30. The number of aromatic nitrogens is 1. The Hall–Kier alpha value is -2.11. The molecule has 6 heteroatoms. The van der Waals surface area contributed by atoms with Crippen molar-refractivity contribution >= 4 is 23.4 Å². The highest BCUT2D eigenvalue weighted by Crippen LogP contribution is 2.30. The molecule has 120 valence electrons. The molecule has 23 heavy (non-hydrogen) atoms. The first-order chi connectivity index (χ1) is 11.2. The monoisotopic (exact) mass is 331 g/mol. The number of hydrogen-bond acceptors (Lipinski definition) is 4. The van der Waals surface area contributed by atoms with Gasteiger partial charge in [0.15, 0.2) is 0 Å². The lowest BCUT2D eigenvalue weighted by atomic mass is 9.98. The van der Waals surface area contributed by atoms with Crippen molar-refractivity contribution in [1.82, 2.24) is 10.0 Å². The molecule has 1 aromatic carbocycles. The van der Waals surface area contributed by atoms with Gasteiger partial charge in [-0.1, -0.05) is 18.0 Å². The van der Waals surface area contributed by atoms with Gasteiger partial charge < -0.3 is 4.84 Å². The molecule has 1 aliphatic rings. The zero-order valence-electron chi connectivity index (χ0n) is 12.6. The quantitative estimate of drug-likeness (QED) is 0.904. The van der Waals surface area contributed by atoms with Gasteiger partial charge in [-0.05, 0) is 54.8 Å². The van der Waals surface area contributed by atoms with Crippen molar-refractivity contribution in [2.45, 2.75) is 25.3 Å². The number of pyridine rings is 1. The number of hydrogen-bond donors (Lipinski definition) is 1. The second kappa shape index (κ2) is 7.44. The van der Waals surface area contributed by atoms with E-state index in [-0.39, 0.29) is 6.04 Å². The van der Waals surface area contributed by atoms with Crippen molar-refractivity contribution in [3.8, 4) is 0 Å². The van der Waals surface area contributed by atoms with Gasteiger partial charge in [0.05, 0.1) is 6.04 Å². The van der Waals surface area contributed by atoms with Crippen LogP contribution in [0.2, 0.25) is 5.02 Å². The van der Waals surface area contributed by atoms with Crippen LogP contribution in [0.1, 0.15) is 30.9 Å². The number of amides is 1. The van der Waals surface area contributed by atoms with E-state index in [1.807, 2.05) is 12.1 Å². The van der Waals surface area contributed by atoms with E-state index in [0.29, 0.717) is 10.7 Å². The summed E-state index contributed by atoms with van der Waals surface area (Å²) < 4.78 is 0. The number of carbonyl (C=O) groups is 1. The number of rotatable bonds is 3. The summed E-state index contributed by atoms with van der Waals surface area (Å²) >= 11 is 5.83. The van der Waals surface area contributed by atoms with E-state index in [4.69, 9.17) is 16.4 Å². The van der Waals surface area contributed by atoms with Gasteiger partial charge in [0, 0.05) is 29.6 Å². The number of halogens is 1. The maximum Gasteiger partial charge on any atom is 0.430 e. The first-order valence-corrected chi connectivity index (χ1v) is 8.01. The number of carbonyl (C=O) groups excluding carboxylic acids is 1. The molecule has 0 radical (unpaired) electrons. The first-order valence-electron chi connectivity index (χ1n) is 7.63. The molecule has 1 aromatic heterocycles. The van der Waals surface area contributed by atoms with Crippen LogP contribution in [0.4, 0.5) is 10.5 Å². The summed E-state index contributed by atoms with van der Waals surface area (Å²) in [6.45, 7) is 0.723. The average molecular weight is 332 g/mol. The van der Waals surface area contributed by atoms with Crippen LogP contribution in [0.15, 0.2) is 48.8 Å². The average Bonchev–Trinajstić information content (AvgIpc) is 2.58. The van der Waals surface area contributed by atoms with Crippen LogP contribution in [0, 0.1) is 0 Å². The molecular formula is C17H18ClN3O2. The van der Waals surface area contributed by atoms with Crippen molar-refractivity contribution < 1.29 is 9.63 Å². The zero-order chi connectivity index (χ0) is 16.1. The summed E-state index contributed by atoms with van der Waals surface area (Å²) in [5, 5.41) is 5.09. The lowest BCUT2D eigenvalue weighted by Gasteiger charge is -2.33. The van der Waals surface area contributed by atoms with Crippen LogP contribution >= 0.6 is 11.6 Å². The number of hydroxylamine groups is 2. The standard InChI is InChI=1S/C17H18ClN3O2/c18-14-4-6-15(7-5-14)20-17(22)23-21-12-2-1-3-16(21)13-8-10-19-11-9-13/h4-11,16H,1-3,12H2,(H,20,22). The van der Waals surface area contributed by atoms with Crippen molar-refractivity contribution in [2.75, 3.05) is 11.9 Å². The van der Waals surface area contributed by atoms with Gasteiger partial charge in [-0.25, -0.2) is 4.79 Å². The predicted octanol–water partition coefficient (Wildman–Crippen LogP) is 4.43. The molecule has 1 fully saturated rings. The fourth-order valence-corrected chi connectivity index (χ4v) is 2.84. The molecule has 0 spiro atoms. The predicted molar refractivity (Wildman–Crippen MR) is 89.1 cm³/mol. The molecule has 2 heterocycles. The molecule has 0 aliphatic carbocycles. The molecule has 1 amide bonds. The van der Waals surface area contributed by atoms with E-state index in [1.54, 1.807) is 41.7 Å². The van der Waals surface area contributed by atoms with Gasteiger partial charge in [0.25, 0.3) is 0 Å². The van der Waals surface area contributed by atoms with E-state index in [2.05, 4.69) is 10.3 Å². The Morgan fingerprint density at radius 1 is 1.17 bits per heavy atom. The molecule has 1 atom stereocenters. The van der Waals surface area contributed by atoms with E-state index in [9.17, 15) is 4.79 Å². The van der Waals surface area contributed by atoms with Gasteiger partial charge in [0.1, 0.15) is 0 Å². The Morgan fingerprint density at radius 3 is 2.65 bits per heavy atom. The minimum Gasteiger partial charge on any atom is -0.350 e. The van der Waals surface area contributed by atoms with Gasteiger partial charge in [-0.3, -0.25) is 10.3 Å². The summed E-state index contributed by atoms with van der Waals surface area (Å²) in [7, 11) is 0. The molecule has 1 unspecified atom stereocenters. The molecule has 1 aliphatic heterocycles. The Labute approximate surface area is 140 Å². The minimum atomic E-state index is -0.492. The summed E-state index contributed by atoms with van der Waals surface area (Å²) in [5.74, 6) is 0. The van der Waals surface area contributed by atoms with Crippen LogP contribution in [-0.2, 0) is 4.84 Å². The SMILES string of the molecule is O=C(Nc1ccc(Cl)cc1)ON1CCCCC1c1ccncc1. The molecule has 5 nitrogen and oxygen atoms in total. The highest BCUT2D eigenvalue weighted by atomic mass is 35.5. The number of anilines is 1. The van der Waals surface area contributed by atoms with Crippen molar-refractivity contribution in [2.24, 2.45) is 0 Å². The molecule has 2 aromatic rings. The Kier molecular flexibility index (Phi) is 5.10. The largest absolute Gasteiger partial charge is 0.430 e. The van der Waals surface area contributed by atoms with Crippen molar-refractivity contribution in [3.63, 3.8) is 0 Å². The van der Waals surface area contributed by atoms with E-state index in [1.165, 1.54) is 0 Å².